The molecule has 11 heteroatoms. The van der Waals surface area contributed by atoms with E-state index in [2.05, 4.69) is 9.84 Å². The molecule has 4 nitrogen and oxygen atoms in total. The van der Waals surface area contributed by atoms with Crippen molar-refractivity contribution < 1.29 is 40.3 Å². The minimum atomic E-state index is -4.99. The molecule has 2 atom stereocenters. The van der Waals surface area contributed by atoms with E-state index in [1.54, 1.807) is 6.92 Å². The molecule has 1 aliphatic rings. The van der Waals surface area contributed by atoms with Crippen molar-refractivity contribution in [3.8, 4) is 0 Å². The Morgan fingerprint density at radius 3 is 2.42 bits per heavy atom. The number of nitrogens with zero attached hydrogens (tertiary/aromatic N) is 2. The molecule has 0 radical (unpaired) electrons. The first kappa shape index (κ1) is 26.4. The third-order valence-electron chi connectivity index (χ3n) is 5.02. The highest BCUT2D eigenvalue weighted by atomic mass is 19.4. The zero-order chi connectivity index (χ0) is 25.0. The van der Waals surface area contributed by atoms with Crippen LogP contribution in [0, 0.1) is 12.4 Å². The second-order valence-corrected chi connectivity index (χ2v) is 7.50. The van der Waals surface area contributed by atoms with Gasteiger partial charge in [0.15, 0.2) is 0 Å². The van der Waals surface area contributed by atoms with Crippen LogP contribution >= 0.6 is 0 Å². The topological polar surface area (TPSA) is 43.0 Å². The van der Waals surface area contributed by atoms with Gasteiger partial charge in [0, 0.05) is 6.42 Å². The molecule has 1 heterocycles. The Labute approximate surface area is 186 Å². The maximum Gasteiger partial charge on any atom is 0.416 e. The number of benzene rings is 1. The Hall–Kier alpha value is -2.90. The minimum absolute atomic E-state index is 0.0955. The standard InChI is InChI=1S/C22H21F7N2O2/c1-4-6-16-18(20(32)33-10-5-9-21(24,25)26)17(19(30-3)12(2)31-16)14-8-7-13(23)11-15(14)22(27,28)29/h7-8,11,17,19H,4-6,9-10H2,1-2H3. The summed E-state index contributed by atoms with van der Waals surface area (Å²) >= 11 is 0. The van der Waals surface area contributed by atoms with Crippen LogP contribution in [0.5, 0.6) is 0 Å². The summed E-state index contributed by atoms with van der Waals surface area (Å²) in [5.74, 6) is -3.78. The predicted molar refractivity (Wildman–Crippen MR) is 106 cm³/mol. The smallest absolute Gasteiger partial charge is 0.416 e. The van der Waals surface area contributed by atoms with Crippen LogP contribution in [0.25, 0.3) is 4.85 Å². The highest BCUT2D eigenvalue weighted by molar-refractivity contribution is 6.00. The van der Waals surface area contributed by atoms with Gasteiger partial charge in [-0.25, -0.2) is 15.8 Å². The van der Waals surface area contributed by atoms with Gasteiger partial charge in [-0.2, -0.15) is 26.3 Å². The van der Waals surface area contributed by atoms with Gasteiger partial charge in [0.1, 0.15) is 5.82 Å². The van der Waals surface area contributed by atoms with Crippen molar-refractivity contribution in [2.75, 3.05) is 6.61 Å². The molecule has 33 heavy (non-hydrogen) atoms. The van der Waals surface area contributed by atoms with Crippen LogP contribution in [0.4, 0.5) is 30.7 Å². The number of alkyl halides is 6. The Balaban J connectivity index is 2.59. The fourth-order valence-electron chi connectivity index (χ4n) is 3.64. The molecule has 0 bridgehead atoms. The van der Waals surface area contributed by atoms with Gasteiger partial charge in [0.2, 0.25) is 0 Å². The fourth-order valence-corrected chi connectivity index (χ4v) is 3.64. The Bertz CT molecular complexity index is 988. The number of hydrogen-bond acceptors (Lipinski definition) is 3. The van der Waals surface area contributed by atoms with E-state index in [9.17, 15) is 35.5 Å². The number of aliphatic imine (C=N–C) groups is 1. The molecule has 1 aliphatic heterocycles. The summed E-state index contributed by atoms with van der Waals surface area (Å²) in [4.78, 5) is 20.5. The molecule has 1 aromatic carbocycles. The summed E-state index contributed by atoms with van der Waals surface area (Å²) in [7, 11) is 0. The lowest BCUT2D eigenvalue weighted by Gasteiger charge is -2.29. The summed E-state index contributed by atoms with van der Waals surface area (Å²) in [5, 5.41) is 0. The lowest BCUT2D eigenvalue weighted by Crippen LogP contribution is -2.34. The van der Waals surface area contributed by atoms with E-state index in [-0.39, 0.29) is 29.5 Å². The van der Waals surface area contributed by atoms with Crippen molar-refractivity contribution in [2.45, 2.75) is 63.8 Å². The van der Waals surface area contributed by atoms with E-state index in [1.165, 1.54) is 6.92 Å². The van der Waals surface area contributed by atoms with E-state index in [1.807, 2.05) is 0 Å². The number of carbonyl (C=O) groups is 1. The first-order valence-electron chi connectivity index (χ1n) is 10.1. The second-order valence-electron chi connectivity index (χ2n) is 7.50. The van der Waals surface area contributed by atoms with Gasteiger partial charge in [0.25, 0.3) is 6.04 Å². The zero-order valence-corrected chi connectivity index (χ0v) is 17.8. The van der Waals surface area contributed by atoms with Crippen molar-refractivity contribution in [3.05, 3.63) is 57.8 Å². The van der Waals surface area contributed by atoms with Crippen LogP contribution in [0.15, 0.2) is 34.5 Å². The minimum Gasteiger partial charge on any atom is -0.462 e. The van der Waals surface area contributed by atoms with Gasteiger partial charge in [-0.15, -0.1) is 0 Å². The average Bonchev–Trinajstić information content (AvgIpc) is 2.69. The van der Waals surface area contributed by atoms with Crippen LogP contribution in [-0.4, -0.2) is 30.5 Å². The lowest BCUT2D eigenvalue weighted by atomic mass is 9.77. The van der Waals surface area contributed by atoms with Gasteiger partial charge in [-0.05, 0) is 37.5 Å². The molecular weight excluding hydrogens is 457 g/mol. The number of halogens is 7. The molecular formula is C22H21F7N2O2. The second kappa shape index (κ2) is 10.4. The van der Waals surface area contributed by atoms with Crippen LogP contribution in [0.3, 0.4) is 0 Å². The molecule has 0 fully saturated rings. The number of ether oxygens (including phenoxy) is 1. The summed E-state index contributed by atoms with van der Waals surface area (Å²) in [5.41, 5.74) is -1.92. The number of rotatable bonds is 7. The molecule has 2 unspecified atom stereocenters. The van der Waals surface area contributed by atoms with Gasteiger partial charge >= 0.3 is 18.3 Å². The van der Waals surface area contributed by atoms with Gasteiger partial charge < -0.3 is 9.58 Å². The first-order chi connectivity index (χ1) is 15.3. The van der Waals surface area contributed by atoms with E-state index in [0.717, 1.165) is 12.1 Å². The van der Waals surface area contributed by atoms with E-state index >= 15 is 0 Å². The fraction of sp³-hybridized carbons (Fsp3) is 0.500. The normalized spacial score (nSPS) is 19.2. The molecule has 0 saturated heterocycles. The molecule has 0 amide bonds. The molecule has 0 aromatic heterocycles. The van der Waals surface area contributed by atoms with Crippen molar-refractivity contribution >= 4 is 11.7 Å². The highest BCUT2D eigenvalue weighted by Gasteiger charge is 2.46. The average molecular weight is 478 g/mol. The Morgan fingerprint density at radius 2 is 1.88 bits per heavy atom. The van der Waals surface area contributed by atoms with E-state index < -0.39 is 66.7 Å². The highest BCUT2D eigenvalue weighted by Crippen LogP contribution is 2.44. The number of carbonyl (C=O) groups excluding carboxylic acids is 1. The molecule has 0 spiro atoms. The van der Waals surface area contributed by atoms with Crippen molar-refractivity contribution in [1.29, 1.82) is 0 Å². The molecule has 0 N–H and O–H groups in total. The van der Waals surface area contributed by atoms with Crippen LogP contribution < -0.4 is 0 Å². The third kappa shape index (κ3) is 6.55. The van der Waals surface area contributed by atoms with Gasteiger partial charge in [0.05, 0.1) is 35.1 Å². The summed E-state index contributed by atoms with van der Waals surface area (Å²) < 4.78 is 96.9. The van der Waals surface area contributed by atoms with E-state index in [0.29, 0.717) is 6.42 Å². The van der Waals surface area contributed by atoms with Crippen LogP contribution in [0.1, 0.15) is 56.6 Å². The molecule has 1 aromatic rings. The monoisotopic (exact) mass is 478 g/mol. The summed E-state index contributed by atoms with van der Waals surface area (Å²) in [6.45, 7) is 10.1. The third-order valence-corrected chi connectivity index (χ3v) is 5.02. The lowest BCUT2D eigenvalue weighted by molar-refractivity contribution is -0.147. The van der Waals surface area contributed by atoms with Crippen molar-refractivity contribution in [2.24, 2.45) is 4.99 Å². The predicted octanol–water partition coefficient (Wildman–Crippen LogP) is 6.63. The molecule has 2 rings (SSSR count). The van der Waals surface area contributed by atoms with Gasteiger partial charge in [-0.1, -0.05) is 19.4 Å². The number of allylic oxidation sites excluding steroid dienone is 1. The summed E-state index contributed by atoms with van der Waals surface area (Å²) in [6, 6.07) is 0.622. The number of hydrogen-bond donors (Lipinski definition) is 0. The van der Waals surface area contributed by atoms with Crippen LogP contribution in [-0.2, 0) is 15.7 Å². The van der Waals surface area contributed by atoms with Crippen molar-refractivity contribution in [3.63, 3.8) is 0 Å². The largest absolute Gasteiger partial charge is 0.462 e. The maximum atomic E-state index is 13.7. The molecule has 0 saturated carbocycles. The van der Waals surface area contributed by atoms with Gasteiger partial charge in [-0.3, -0.25) is 4.99 Å². The molecule has 180 valence electrons. The zero-order valence-electron chi connectivity index (χ0n) is 17.8. The Morgan fingerprint density at radius 1 is 1.21 bits per heavy atom. The Kier molecular flexibility index (Phi) is 8.27. The molecule has 0 aliphatic carbocycles. The maximum absolute atomic E-state index is 13.7. The number of esters is 1. The first-order valence-corrected chi connectivity index (χ1v) is 10.1. The van der Waals surface area contributed by atoms with E-state index in [4.69, 9.17) is 11.3 Å². The quantitative estimate of drug-likeness (QED) is 0.191. The summed E-state index contributed by atoms with van der Waals surface area (Å²) in [6.07, 6.45) is -10.6. The SMILES string of the molecule is [C-]#[N+]C1C(C)=NC(CCC)=C(C(=O)OCCCC(F)(F)F)C1c1ccc(F)cc1C(F)(F)F. The van der Waals surface area contributed by atoms with Crippen molar-refractivity contribution in [1.82, 2.24) is 0 Å². The van der Waals surface area contributed by atoms with Crippen LogP contribution in [0.2, 0.25) is 0 Å².